The SMILES string of the molecule is O=C1CCC(N2Cc3cc(CNC(=O)c4c[nH]c5ccc(Cl)cc45)ccc3C2=O)C(=O)N1. The first-order chi connectivity index (χ1) is 15.4. The zero-order chi connectivity index (χ0) is 22.4. The van der Waals surface area contributed by atoms with E-state index in [9.17, 15) is 19.2 Å². The van der Waals surface area contributed by atoms with Crippen LogP contribution in [0, 0.1) is 0 Å². The Bertz CT molecular complexity index is 1300. The first-order valence-electron chi connectivity index (χ1n) is 10.2. The predicted octanol–water partition coefficient (Wildman–Crippen LogP) is 2.51. The van der Waals surface area contributed by atoms with Crippen LogP contribution in [0.2, 0.25) is 5.02 Å². The minimum absolute atomic E-state index is 0.215. The molecule has 3 heterocycles. The van der Waals surface area contributed by atoms with Gasteiger partial charge in [0.05, 0.1) is 5.56 Å². The number of H-pyrrole nitrogens is 1. The summed E-state index contributed by atoms with van der Waals surface area (Å²) in [6.45, 7) is 0.579. The highest BCUT2D eigenvalue weighted by molar-refractivity contribution is 6.31. The molecule has 1 saturated heterocycles. The third kappa shape index (κ3) is 3.52. The van der Waals surface area contributed by atoms with Gasteiger partial charge in [0.1, 0.15) is 6.04 Å². The van der Waals surface area contributed by atoms with Gasteiger partial charge in [-0.1, -0.05) is 23.7 Å². The lowest BCUT2D eigenvalue weighted by atomic mass is 10.0. The summed E-state index contributed by atoms with van der Waals surface area (Å²) in [5.74, 6) is -1.21. The number of piperidine rings is 1. The number of carbonyl (C=O) groups is 4. The van der Waals surface area contributed by atoms with Crippen molar-refractivity contribution in [1.82, 2.24) is 20.5 Å². The van der Waals surface area contributed by atoms with Gasteiger partial charge in [-0.3, -0.25) is 24.5 Å². The molecule has 162 valence electrons. The lowest BCUT2D eigenvalue weighted by molar-refractivity contribution is -0.136. The molecular formula is C23H19ClN4O4. The molecule has 2 aromatic carbocycles. The second-order valence-electron chi connectivity index (χ2n) is 7.97. The molecule has 3 aromatic rings. The Morgan fingerprint density at radius 3 is 2.81 bits per heavy atom. The van der Waals surface area contributed by atoms with Gasteiger partial charge in [-0.2, -0.15) is 0 Å². The fourth-order valence-corrected chi connectivity index (χ4v) is 4.47. The van der Waals surface area contributed by atoms with Gasteiger partial charge in [-0.25, -0.2) is 0 Å². The predicted molar refractivity (Wildman–Crippen MR) is 117 cm³/mol. The van der Waals surface area contributed by atoms with Gasteiger partial charge < -0.3 is 15.2 Å². The first-order valence-corrected chi connectivity index (χ1v) is 10.6. The molecule has 1 fully saturated rings. The fourth-order valence-electron chi connectivity index (χ4n) is 4.30. The topological polar surface area (TPSA) is 111 Å². The van der Waals surface area contributed by atoms with Crippen LogP contribution in [0.4, 0.5) is 0 Å². The molecule has 4 amide bonds. The summed E-state index contributed by atoms with van der Waals surface area (Å²) in [6, 6.07) is 10.0. The maximum absolute atomic E-state index is 12.8. The zero-order valence-electron chi connectivity index (χ0n) is 16.9. The molecule has 32 heavy (non-hydrogen) atoms. The van der Waals surface area contributed by atoms with Crippen molar-refractivity contribution in [1.29, 1.82) is 0 Å². The molecule has 2 aliphatic rings. The smallest absolute Gasteiger partial charge is 0.255 e. The fraction of sp³-hybridized carbons (Fsp3) is 0.217. The van der Waals surface area contributed by atoms with Crippen LogP contribution in [0.25, 0.3) is 10.9 Å². The molecule has 0 saturated carbocycles. The number of amides is 4. The maximum atomic E-state index is 12.8. The lowest BCUT2D eigenvalue weighted by Gasteiger charge is -2.29. The summed E-state index contributed by atoms with van der Waals surface area (Å²) < 4.78 is 0. The molecular weight excluding hydrogens is 432 g/mol. The van der Waals surface area contributed by atoms with E-state index in [4.69, 9.17) is 11.6 Å². The van der Waals surface area contributed by atoms with E-state index in [-0.39, 0.29) is 30.7 Å². The Labute approximate surface area is 187 Å². The lowest BCUT2D eigenvalue weighted by Crippen LogP contribution is -2.52. The van der Waals surface area contributed by atoms with Gasteiger partial charge in [-0.05, 0) is 41.8 Å². The molecule has 3 N–H and O–H groups in total. The second kappa shape index (κ2) is 7.80. The van der Waals surface area contributed by atoms with Crippen LogP contribution >= 0.6 is 11.6 Å². The number of fused-ring (bicyclic) bond motifs is 2. The van der Waals surface area contributed by atoms with Gasteiger partial charge in [0.2, 0.25) is 11.8 Å². The van der Waals surface area contributed by atoms with Gasteiger partial charge in [0.15, 0.2) is 0 Å². The second-order valence-corrected chi connectivity index (χ2v) is 8.40. The number of aromatic nitrogens is 1. The number of benzene rings is 2. The summed E-state index contributed by atoms with van der Waals surface area (Å²) in [4.78, 5) is 53.6. The number of imide groups is 1. The minimum Gasteiger partial charge on any atom is -0.360 e. The van der Waals surface area contributed by atoms with Crippen LogP contribution in [0.15, 0.2) is 42.6 Å². The third-order valence-electron chi connectivity index (χ3n) is 5.93. The number of rotatable bonds is 4. The minimum atomic E-state index is -0.649. The summed E-state index contributed by atoms with van der Waals surface area (Å²) >= 11 is 6.06. The number of halogens is 1. The van der Waals surface area contributed by atoms with Crippen molar-refractivity contribution in [3.8, 4) is 0 Å². The van der Waals surface area contributed by atoms with Crippen LogP contribution in [-0.4, -0.2) is 39.6 Å². The molecule has 8 nitrogen and oxygen atoms in total. The quantitative estimate of drug-likeness (QED) is 0.530. The standard InChI is InChI=1S/C23H19ClN4O4/c24-14-2-4-18-16(8-14)17(10-25-18)21(30)26-9-12-1-3-15-13(7-12)11-28(23(15)32)19-5-6-20(29)27-22(19)31/h1-4,7-8,10,19,25H,5-6,9,11H2,(H,26,30)(H,27,29,31). The number of nitrogens with zero attached hydrogens (tertiary/aromatic N) is 1. The van der Waals surface area contributed by atoms with E-state index in [1.54, 1.807) is 30.5 Å². The third-order valence-corrected chi connectivity index (χ3v) is 6.16. The number of aromatic amines is 1. The van der Waals surface area contributed by atoms with Crippen LogP contribution < -0.4 is 10.6 Å². The van der Waals surface area contributed by atoms with Crippen LogP contribution in [-0.2, 0) is 22.7 Å². The van der Waals surface area contributed by atoms with Crippen molar-refractivity contribution in [3.63, 3.8) is 0 Å². The highest BCUT2D eigenvalue weighted by atomic mass is 35.5. The number of nitrogens with one attached hydrogen (secondary N) is 3. The van der Waals surface area contributed by atoms with E-state index < -0.39 is 11.9 Å². The van der Waals surface area contributed by atoms with E-state index in [2.05, 4.69) is 15.6 Å². The molecule has 0 spiro atoms. The monoisotopic (exact) mass is 450 g/mol. The van der Waals surface area contributed by atoms with E-state index >= 15 is 0 Å². The van der Waals surface area contributed by atoms with Crippen LogP contribution in [0.3, 0.4) is 0 Å². The highest BCUT2D eigenvalue weighted by Crippen LogP contribution is 2.28. The first kappa shape index (κ1) is 20.3. The molecule has 0 aliphatic carbocycles. The van der Waals surface area contributed by atoms with Crippen LogP contribution in [0.1, 0.15) is 44.7 Å². The highest BCUT2D eigenvalue weighted by Gasteiger charge is 2.39. The van der Waals surface area contributed by atoms with Crippen molar-refractivity contribution in [3.05, 3.63) is 69.9 Å². The van der Waals surface area contributed by atoms with E-state index in [1.807, 2.05) is 12.1 Å². The molecule has 1 unspecified atom stereocenters. The Balaban J connectivity index is 1.29. The van der Waals surface area contributed by atoms with Crippen molar-refractivity contribution >= 4 is 46.1 Å². The van der Waals surface area contributed by atoms with Gasteiger partial charge in [0.25, 0.3) is 11.8 Å². The molecule has 1 aromatic heterocycles. The van der Waals surface area contributed by atoms with Gasteiger partial charge in [-0.15, -0.1) is 0 Å². The normalized spacial score (nSPS) is 18.1. The number of hydrogen-bond donors (Lipinski definition) is 3. The van der Waals surface area contributed by atoms with E-state index in [1.165, 1.54) is 4.90 Å². The summed E-state index contributed by atoms with van der Waals surface area (Å²) in [6.07, 6.45) is 2.18. The average molecular weight is 451 g/mol. The molecule has 1 atom stereocenters. The Morgan fingerprint density at radius 1 is 1.16 bits per heavy atom. The van der Waals surface area contributed by atoms with Crippen molar-refractivity contribution in [2.45, 2.75) is 32.0 Å². The van der Waals surface area contributed by atoms with E-state index in [0.29, 0.717) is 29.1 Å². The number of hydrogen-bond acceptors (Lipinski definition) is 4. The molecule has 5 rings (SSSR count). The Hall–Kier alpha value is -3.65. The van der Waals surface area contributed by atoms with Gasteiger partial charge >= 0.3 is 0 Å². The largest absolute Gasteiger partial charge is 0.360 e. The summed E-state index contributed by atoms with van der Waals surface area (Å²) in [5, 5.41) is 6.49. The van der Waals surface area contributed by atoms with Crippen molar-refractivity contribution in [2.24, 2.45) is 0 Å². The Kier molecular flexibility index (Phi) is 4.94. The molecule has 0 radical (unpaired) electrons. The van der Waals surface area contributed by atoms with E-state index in [0.717, 1.165) is 22.0 Å². The van der Waals surface area contributed by atoms with Crippen molar-refractivity contribution in [2.75, 3.05) is 0 Å². The molecule has 0 bridgehead atoms. The Morgan fingerprint density at radius 2 is 2.00 bits per heavy atom. The molecule has 2 aliphatic heterocycles. The summed E-state index contributed by atoms with van der Waals surface area (Å²) in [5.41, 5.74) is 3.50. The zero-order valence-corrected chi connectivity index (χ0v) is 17.7. The average Bonchev–Trinajstić information content (AvgIpc) is 3.33. The maximum Gasteiger partial charge on any atom is 0.255 e. The molecule has 9 heteroatoms. The van der Waals surface area contributed by atoms with Crippen molar-refractivity contribution < 1.29 is 19.2 Å². The summed E-state index contributed by atoms with van der Waals surface area (Å²) in [7, 11) is 0. The van der Waals surface area contributed by atoms with Crippen LogP contribution in [0.5, 0.6) is 0 Å². The number of carbonyl (C=O) groups excluding carboxylic acids is 4. The van der Waals surface area contributed by atoms with Gasteiger partial charge in [0, 0.05) is 47.2 Å².